The summed E-state index contributed by atoms with van der Waals surface area (Å²) in [5, 5.41) is 6.40. The summed E-state index contributed by atoms with van der Waals surface area (Å²) in [7, 11) is 2.99. The fourth-order valence-electron chi connectivity index (χ4n) is 3.56. The average Bonchev–Trinajstić information content (AvgIpc) is 2.60. The predicted molar refractivity (Wildman–Crippen MR) is 88.0 cm³/mol. The second-order valence-electron chi connectivity index (χ2n) is 6.69. The molecule has 3 aliphatic heterocycles. The van der Waals surface area contributed by atoms with Crippen molar-refractivity contribution in [2.75, 3.05) is 14.2 Å². The third-order valence-electron chi connectivity index (χ3n) is 5.18. The van der Waals surface area contributed by atoms with Crippen molar-refractivity contribution < 1.29 is 28.5 Å². The van der Waals surface area contributed by atoms with Crippen molar-refractivity contribution in [3.05, 3.63) is 10.4 Å². The molecule has 2 fully saturated rings. The van der Waals surface area contributed by atoms with Crippen LogP contribution in [0.3, 0.4) is 0 Å². The number of fused-ring (bicyclic) bond motifs is 4. The molecule has 1 N–H and O–H groups in total. The zero-order valence-electron chi connectivity index (χ0n) is 15.3. The van der Waals surface area contributed by atoms with Gasteiger partial charge in [-0.25, -0.2) is 0 Å². The zero-order chi connectivity index (χ0) is 19.1. The molecule has 0 unspecified atom stereocenters. The Kier molecular flexibility index (Phi) is 4.95. The molecule has 11 nitrogen and oxygen atoms in total. The van der Waals surface area contributed by atoms with E-state index in [-0.39, 0.29) is 12.3 Å². The Morgan fingerprint density at radius 3 is 2.46 bits per heavy atom. The monoisotopic (exact) mass is 369 g/mol. The van der Waals surface area contributed by atoms with Crippen molar-refractivity contribution in [1.29, 1.82) is 0 Å². The average molecular weight is 369 g/mol. The van der Waals surface area contributed by atoms with Crippen LogP contribution in [0.25, 0.3) is 10.4 Å². The number of aliphatic imine (C=N–C) groups is 1. The number of carbonyl (C=O) groups is 1. The second kappa shape index (κ2) is 6.76. The Labute approximate surface area is 150 Å². The molecule has 144 valence electrons. The van der Waals surface area contributed by atoms with Crippen molar-refractivity contribution in [3.8, 4) is 0 Å². The number of hydrogen-bond acceptors (Lipinski definition) is 8. The van der Waals surface area contributed by atoms with Crippen LogP contribution in [-0.4, -0.2) is 68.1 Å². The Balaban J connectivity index is 2.01. The quantitative estimate of drug-likeness (QED) is 0.445. The standard InChI is InChI=1S/C15H23N5O6/c1-7(21)17-10-12-11(8-6-9(19-20-16)18-13(10)24-8)25-14(2,22-4)15(3,23-5)26-12/h8,10-13H,6H2,1-5H3,(H,17,21)/t8-,10-,11-,12-,13-,14-,15-/m1/s1. The lowest BCUT2D eigenvalue weighted by atomic mass is 9.89. The lowest BCUT2D eigenvalue weighted by Gasteiger charge is -2.58. The summed E-state index contributed by atoms with van der Waals surface area (Å²) in [4.78, 5) is 18.8. The highest BCUT2D eigenvalue weighted by atomic mass is 16.8. The van der Waals surface area contributed by atoms with Crippen molar-refractivity contribution in [2.45, 2.75) is 69.3 Å². The minimum atomic E-state index is -1.22. The van der Waals surface area contributed by atoms with Crippen molar-refractivity contribution >= 4 is 11.7 Å². The molecule has 26 heavy (non-hydrogen) atoms. The van der Waals surface area contributed by atoms with E-state index in [2.05, 4.69) is 20.3 Å². The topological polar surface area (TPSA) is 136 Å². The predicted octanol–water partition coefficient (Wildman–Crippen LogP) is 0.838. The molecule has 1 amide bonds. The summed E-state index contributed by atoms with van der Waals surface area (Å²) in [6, 6.07) is -0.645. The number of amidine groups is 1. The molecule has 3 rings (SSSR count). The molecule has 0 aliphatic carbocycles. The normalized spacial score (nSPS) is 44.3. The highest BCUT2D eigenvalue weighted by molar-refractivity contribution is 5.84. The lowest BCUT2D eigenvalue weighted by Crippen LogP contribution is -2.75. The van der Waals surface area contributed by atoms with Crippen molar-refractivity contribution in [1.82, 2.24) is 5.32 Å². The molecule has 2 saturated heterocycles. The largest absolute Gasteiger partial charge is 0.349 e. The molecule has 0 aromatic heterocycles. The third kappa shape index (κ3) is 2.96. The van der Waals surface area contributed by atoms with Gasteiger partial charge in [0.2, 0.25) is 17.5 Å². The number of nitrogens with one attached hydrogen (secondary N) is 1. The highest BCUT2D eigenvalue weighted by Crippen LogP contribution is 2.45. The van der Waals surface area contributed by atoms with Gasteiger partial charge in [0.15, 0.2) is 6.23 Å². The first-order chi connectivity index (χ1) is 12.3. The van der Waals surface area contributed by atoms with Gasteiger partial charge in [-0.3, -0.25) is 9.79 Å². The van der Waals surface area contributed by atoms with Crippen LogP contribution in [0.4, 0.5) is 0 Å². The first-order valence-electron chi connectivity index (χ1n) is 8.27. The Morgan fingerprint density at radius 2 is 1.92 bits per heavy atom. The molecule has 2 bridgehead atoms. The Morgan fingerprint density at radius 1 is 1.31 bits per heavy atom. The van der Waals surface area contributed by atoms with Crippen LogP contribution in [0.1, 0.15) is 27.2 Å². The number of methoxy groups -OCH3 is 2. The van der Waals surface area contributed by atoms with Gasteiger partial charge in [0.1, 0.15) is 24.1 Å². The number of hydrogen-bond donors (Lipinski definition) is 1. The second-order valence-corrected chi connectivity index (χ2v) is 6.69. The van der Waals surface area contributed by atoms with Gasteiger partial charge in [-0.05, 0) is 24.5 Å². The first kappa shape index (κ1) is 19.0. The summed E-state index contributed by atoms with van der Waals surface area (Å²) < 4.78 is 29.5. The third-order valence-corrected chi connectivity index (χ3v) is 5.18. The maximum Gasteiger partial charge on any atom is 0.220 e. The number of amides is 1. The summed E-state index contributed by atoms with van der Waals surface area (Å²) >= 11 is 0. The van der Waals surface area contributed by atoms with Crippen molar-refractivity contribution in [3.63, 3.8) is 0 Å². The Hall–Kier alpha value is -1.75. The van der Waals surface area contributed by atoms with Crippen LogP contribution in [0.5, 0.6) is 0 Å². The Bertz CT molecular complexity index is 667. The van der Waals surface area contributed by atoms with Gasteiger partial charge in [0.25, 0.3) is 0 Å². The van der Waals surface area contributed by atoms with Gasteiger partial charge in [0, 0.05) is 32.5 Å². The van der Waals surface area contributed by atoms with E-state index in [1.807, 2.05) is 0 Å². The van der Waals surface area contributed by atoms with E-state index in [0.717, 1.165) is 0 Å². The summed E-state index contributed by atoms with van der Waals surface area (Å²) in [6.45, 7) is 4.80. The number of azide groups is 1. The first-order valence-corrected chi connectivity index (χ1v) is 8.27. The van der Waals surface area contributed by atoms with Crippen LogP contribution in [0.15, 0.2) is 10.1 Å². The van der Waals surface area contributed by atoms with Gasteiger partial charge in [-0.1, -0.05) is 0 Å². The van der Waals surface area contributed by atoms with Crippen LogP contribution < -0.4 is 5.32 Å². The van der Waals surface area contributed by atoms with Crippen molar-refractivity contribution in [2.24, 2.45) is 10.1 Å². The van der Waals surface area contributed by atoms with Gasteiger partial charge in [0.05, 0.1) is 6.10 Å². The van der Waals surface area contributed by atoms with E-state index >= 15 is 0 Å². The van der Waals surface area contributed by atoms with Crippen LogP contribution in [0.2, 0.25) is 0 Å². The molecular weight excluding hydrogens is 346 g/mol. The smallest absolute Gasteiger partial charge is 0.220 e. The van der Waals surface area contributed by atoms with Gasteiger partial charge in [-0.2, -0.15) is 0 Å². The zero-order valence-corrected chi connectivity index (χ0v) is 15.3. The number of carbonyl (C=O) groups excluding carboxylic acids is 1. The van der Waals surface area contributed by atoms with Gasteiger partial charge in [-0.15, -0.1) is 0 Å². The molecule has 11 heteroatoms. The fourth-order valence-corrected chi connectivity index (χ4v) is 3.56. The molecular formula is C15H23N5O6. The molecule has 0 saturated carbocycles. The molecule has 7 atom stereocenters. The number of ether oxygens (including phenoxy) is 5. The summed E-state index contributed by atoms with van der Waals surface area (Å²) in [5.41, 5.74) is 8.72. The maximum absolute atomic E-state index is 11.7. The number of rotatable bonds is 3. The fraction of sp³-hybridized carbons (Fsp3) is 0.867. The lowest BCUT2D eigenvalue weighted by molar-refractivity contribution is -0.465. The van der Waals surface area contributed by atoms with Gasteiger partial charge < -0.3 is 29.0 Å². The van der Waals surface area contributed by atoms with E-state index in [4.69, 9.17) is 29.2 Å². The molecule has 3 aliphatic rings. The van der Waals surface area contributed by atoms with E-state index < -0.39 is 42.2 Å². The number of nitrogens with zero attached hydrogens (tertiary/aromatic N) is 4. The summed E-state index contributed by atoms with van der Waals surface area (Å²) in [5.74, 6) is -2.41. The minimum Gasteiger partial charge on any atom is -0.349 e. The van der Waals surface area contributed by atoms with Crippen LogP contribution >= 0.6 is 0 Å². The highest BCUT2D eigenvalue weighted by Gasteiger charge is 2.63. The van der Waals surface area contributed by atoms with Gasteiger partial charge >= 0.3 is 0 Å². The van der Waals surface area contributed by atoms with E-state index in [1.165, 1.54) is 21.1 Å². The van der Waals surface area contributed by atoms with Crippen LogP contribution in [0, 0.1) is 0 Å². The summed E-state index contributed by atoms with van der Waals surface area (Å²) in [6.07, 6.45) is -2.13. The molecule has 0 aromatic rings. The molecule has 0 spiro atoms. The van der Waals surface area contributed by atoms with E-state index in [9.17, 15) is 4.79 Å². The minimum absolute atomic E-state index is 0.265. The van der Waals surface area contributed by atoms with E-state index in [1.54, 1.807) is 13.8 Å². The molecule has 3 heterocycles. The van der Waals surface area contributed by atoms with E-state index in [0.29, 0.717) is 5.84 Å². The molecule has 0 aromatic carbocycles. The van der Waals surface area contributed by atoms with Crippen LogP contribution in [-0.2, 0) is 28.5 Å². The maximum atomic E-state index is 11.7. The molecule has 0 radical (unpaired) electrons. The SMILES string of the molecule is CO[C@]1(C)O[C@@H]2[C@@H](NC(C)=O)[C@@H]3N=C(N=[N+]=[N-])C[C@@H](O3)[C@H]2O[C@@]1(C)OC.